The lowest BCUT2D eigenvalue weighted by Gasteiger charge is -2.23. The third kappa shape index (κ3) is 2.72. The van der Waals surface area contributed by atoms with E-state index in [9.17, 15) is 9.59 Å². The predicted molar refractivity (Wildman–Crippen MR) is 67.7 cm³/mol. The van der Waals surface area contributed by atoms with Crippen molar-refractivity contribution < 1.29 is 9.59 Å². The summed E-state index contributed by atoms with van der Waals surface area (Å²) in [7, 11) is 0. The molecule has 1 aliphatic rings. The topological polar surface area (TPSA) is 70.2 Å². The first-order valence-corrected chi connectivity index (χ1v) is 5.52. The normalized spacial score (nSPS) is 16.4. The maximum atomic E-state index is 11.5. The Bertz CT molecular complexity index is 486. The minimum Gasteiger partial charge on any atom is -0.366 e. The van der Waals surface area contributed by atoms with Gasteiger partial charge in [0, 0.05) is 10.7 Å². The molecule has 0 aromatic heterocycles. The highest BCUT2D eigenvalue weighted by Crippen LogP contribution is 2.16. The Hall–Kier alpha value is -1.66. The molecule has 0 aliphatic carbocycles. The Morgan fingerprint density at radius 2 is 1.88 bits per heavy atom. The molecule has 1 aromatic rings. The standard InChI is InChI=1S/C10H8ClN3O2S/c11-5-2-1-3-6(4-5)12-7-8(15)13-10(17)14-9(7)16/h1-4,7,12H,(H2,13,14,15,16,17). The van der Waals surface area contributed by atoms with Gasteiger partial charge in [-0.05, 0) is 30.4 Å². The first-order chi connectivity index (χ1) is 8.06. The Labute approximate surface area is 108 Å². The summed E-state index contributed by atoms with van der Waals surface area (Å²) in [4.78, 5) is 23.1. The Morgan fingerprint density at radius 1 is 1.24 bits per heavy atom. The van der Waals surface area contributed by atoms with Crippen LogP contribution in [0.3, 0.4) is 0 Å². The summed E-state index contributed by atoms with van der Waals surface area (Å²) in [6, 6.07) is 5.73. The molecule has 1 aliphatic heterocycles. The molecular weight excluding hydrogens is 262 g/mol. The van der Waals surface area contributed by atoms with Crippen molar-refractivity contribution >= 4 is 46.4 Å². The van der Waals surface area contributed by atoms with E-state index >= 15 is 0 Å². The van der Waals surface area contributed by atoms with Gasteiger partial charge in [-0.1, -0.05) is 17.7 Å². The average molecular weight is 270 g/mol. The van der Waals surface area contributed by atoms with Crippen LogP contribution >= 0.6 is 23.8 Å². The Kier molecular flexibility index (Phi) is 3.26. The monoisotopic (exact) mass is 269 g/mol. The molecule has 0 bridgehead atoms. The molecule has 0 radical (unpaired) electrons. The van der Waals surface area contributed by atoms with E-state index in [0.29, 0.717) is 10.7 Å². The number of anilines is 1. The number of halogens is 1. The fraction of sp³-hybridized carbons (Fsp3) is 0.100. The van der Waals surface area contributed by atoms with Crippen molar-refractivity contribution in [3.05, 3.63) is 29.3 Å². The summed E-state index contributed by atoms with van der Waals surface area (Å²) < 4.78 is 0. The maximum absolute atomic E-state index is 11.5. The van der Waals surface area contributed by atoms with E-state index in [4.69, 9.17) is 11.6 Å². The highest BCUT2D eigenvalue weighted by Gasteiger charge is 2.32. The van der Waals surface area contributed by atoms with Gasteiger partial charge in [-0.2, -0.15) is 0 Å². The molecule has 1 fully saturated rings. The molecule has 0 spiro atoms. The van der Waals surface area contributed by atoms with Crippen LogP contribution in [0.5, 0.6) is 0 Å². The molecule has 88 valence electrons. The van der Waals surface area contributed by atoms with E-state index in [1.54, 1.807) is 24.3 Å². The lowest BCUT2D eigenvalue weighted by molar-refractivity contribution is -0.130. The molecule has 1 aromatic carbocycles. The lowest BCUT2D eigenvalue weighted by Crippen LogP contribution is -2.61. The second-order valence-corrected chi connectivity index (χ2v) is 4.24. The van der Waals surface area contributed by atoms with Gasteiger partial charge >= 0.3 is 0 Å². The van der Waals surface area contributed by atoms with Crippen molar-refractivity contribution in [2.45, 2.75) is 6.04 Å². The van der Waals surface area contributed by atoms with Gasteiger partial charge in [-0.25, -0.2) is 0 Å². The lowest BCUT2D eigenvalue weighted by atomic mass is 10.2. The van der Waals surface area contributed by atoms with Crippen molar-refractivity contribution in [1.29, 1.82) is 0 Å². The largest absolute Gasteiger partial charge is 0.366 e. The molecule has 3 N–H and O–H groups in total. The van der Waals surface area contributed by atoms with Gasteiger partial charge in [0.05, 0.1) is 0 Å². The Morgan fingerprint density at radius 3 is 2.47 bits per heavy atom. The van der Waals surface area contributed by atoms with Crippen molar-refractivity contribution in [1.82, 2.24) is 10.6 Å². The van der Waals surface area contributed by atoms with Crippen LogP contribution in [0.25, 0.3) is 0 Å². The summed E-state index contributed by atoms with van der Waals surface area (Å²) in [5.41, 5.74) is 0.584. The SMILES string of the molecule is O=C1NC(=S)NC(=O)C1Nc1cccc(Cl)c1. The molecule has 5 nitrogen and oxygen atoms in total. The zero-order valence-corrected chi connectivity index (χ0v) is 10.1. The smallest absolute Gasteiger partial charge is 0.258 e. The summed E-state index contributed by atoms with van der Waals surface area (Å²) in [5.74, 6) is -0.975. The molecule has 0 unspecified atom stereocenters. The number of thiocarbonyl (C=S) groups is 1. The maximum Gasteiger partial charge on any atom is 0.258 e. The molecule has 7 heteroatoms. The third-order valence-electron chi connectivity index (χ3n) is 2.13. The van der Waals surface area contributed by atoms with Crippen LogP contribution in [-0.4, -0.2) is 23.0 Å². The number of amides is 2. The van der Waals surface area contributed by atoms with E-state index < -0.39 is 17.9 Å². The summed E-state index contributed by atoms with van der Waals surface area (Å²) in [5, 5.41) is 8.03. The second-order valence-electron chi connectivity index (χ2n) is 3.40. The van der Waals surface area contributed by atoms with Crippen LogP contribution in [0.1, 0.15) is 0 Å². The summed E-state index contributed by atoms with van der Waals surface area (Å²) >= 11 is 10.5. The van der Waals surface area contributed by atoms with Crippen LogP contribution in [0.15, 0.2) is 24.3 Å². The molecule has 0 atom stereocenters. The minimum atomic E-state index is -1.01. The van der Waals surface area contributed by atoms with Gasteiger partial charge in [0.15, 0.2) is 11.2 Å². The highest BCUT2D eigenvalue weighted by molar-refractivity contribution is 7.80. The van der Waals surface area contributed by atoms with Crippen LogP contribution in [0.4, 0.5) is 5.69 Å². The van der Waals surface area contributed by atoms with Crippen molar-refractivity contribution in [2.75, 3.05) is 5.32 Å². The van der Waals surface area contributed by atoms with Crippen LogP contribution < -0.4 is 16.0 Å². The van der Waals surface area contributed by atoms with Crippen LogP contribution in [0.2, 0.25) is 5.02 Å². The number of hydrogen-bond donors (Lipinski definition) is 3. The van der Waals surface area contributed by atoms with Gasteiger partial charge in [0.2, 0.25) is 0 Å². The highest BCUT2D eigenvalue weighted by atomic mass is 35.5. The van der Waals surface area contributed by atoms with Crippen molar-refractivity contribution in [3.8, 4) is 0 Å². The fourth-order valence-electron chi connectivity index (χ4n) is 1.39. The number of benzene rings is 1. The van der Waals surface area contributed by atoms with Gasteiger partial charge in [-0.3, -0.25) is 9.59 Å². The molecule has 0 saturated carbocycles. The zero-order valence-electron chi connectivity index (χ0n) is 8.49. The van der Waals surface area contributed by atoms with Crippen molar-refractivity contribution in [2.24, 2.45) is 0 Å². The number of hydrogen-bond acceptors (Lipinski definition) is 4. The second kappa shape index (κ2) is 4.68. The quantitative estimate of drug-likeness (QED) is 0.545. The third-order valence-corrected chi connectivity index (χ3v) is 2.57. The van der Waals surface area contributed by atoms with Gasteiger partial charge in [0.1, 0.15) is 0 Å². The number of nitrogens with one attached hydrogen (secondary N) is 3. The fourth-order valence-corrected chi connectivity index (χ4v) is 1.79. The van der Waals surface area contributed by atoms with E-state index in [2.05, 4.69) is 28.2 Å². The zero-order chi connectivity index (χ0) is 12.4. The number of carbonyl (C=O) groups is 2. The molecule has 2 amide bonds. The summed E-state index contributed by atoms with van der Waals surface area (Å²) in [6.07, 6.45) is 0. The molecule has 1 heterocycles. The molecular formula is C10H8ClN3O2S. The number of carbonyl (C=O) groups excluding carboxylic acids is 2. The minimum absolute atomic E-state index is 0.0177. The Balaban J connectivity index is 2.15. The van der Waals surface area contributed by atoms with E-state index in [-0.39, 0.29) is 5.11 Å². The van der Waals surface area contributed by atoms with Crippen LogP contribution in [-0.2, 0) is 9.59 Å². The molecule has 1 saturated heterocycles. The number of rotatable bonds is 2. The first kappa shape index (κ1) is 11.8. The van der Waals surface area contributed by atoms with Crippen molar-refractivity contribution in [3.63, 3.8) is 0 Å². The molecule has 2 rings (SSSR count). The van der Waals surface area contributed by atoms with E-state index in [0.717, 1.165) is 0 Å². The molecule has 17 heavy (non-hydrogen) atoms. The van der Waals surface area contributed by atoms with Crippen LogP contribution in [0, 0.1) is 0 Å². The van der Waals surface area contributed by atoms with E-state index in [1.807, 2.05) is 0 Å². The van der Waals surface area contributed by atoms with Gasteiger partial charge < -0.3 is 16.0 Å². The average Bonchev–Trinajstić information content (AvgIpc) is 2.23. The summed E-state index contributed by atoms with van der Waals surface area (Å²) in [6.45, 7) is 0. The first-order valence-electron chi connectivity index (χ1n) is 4.74. The van der Waals surface area contributed by atoms with Gasteiger partial charge in [-0.15, -0.1) is 0 Å². The van der Waals surface area contributed by atoms with E-state index in [1.165, 1.54) is 0 Å². The van der Waals surface area contributed by atoms with Gasteiger partial charge in [0.25, 0.3) is 11.8 Å². The predicted octanol–water partition coefficient (Wildman–Crippen LogP) is 0.651.